The van der Waals surface area contributed by atoms with E-state index in [2.05, 4.69) is 5.32 Å². The molecule has 27 heavy (non-hydrogen) atoms. The highest BCUT2D eigenvalue weighted by atomic mass is 35.5. The van der Waals surface area contributed by atoms with Crippen LogP contribution in [0.1, 0.15) is 40.9 Å². The number of furan rings is 1. The second-order valence-corrected chi connectivity index (χ2v) is 6.73. The summed E-state index contributed by atoms with van der Waals surface area (Å²) in [5, 5.41) is 3.19. The van der Waals surface area contributed by atoms with Gasteiger partial charge in [0.05, 0.1) is 23.5 Å². The predicted molar refractivity (Wildman–Crippen MR) is 107 cm³/mol. The molecular formula is C21H21ClN2O3. The van der Waals surface area contributed by atoms with Crippen LogP contribution in [0.5, 0.6) is 0 Å². The van der Waals surface area contributed by atoms with E-state index in [1.54, 1.807) is 30.5 Å². The number of carbonyl (C=O) groups is 1. The maximum atomic E-state index is 12.9. The summed E-state index contributed by atoms with van der Waals surface area (Å²) in [5.74, 6) is 0.307. The van der Waals surface area contributed by atoms with Crippen LogP contribution in [0, 0.1) is 6.92 Å². The van der Waals surface area contributed by atoms with Gasteiger partial charge in [0.15, 0.2) is 5.43 Å². The highest BCUT2D eigenvalue weighted by Crippen LogP contribution is 2.22. The van der Waals surface area contributed by atoms with Crippen molar-refractivity contribution in [2.45, 2.75) is 33.2 Å². The number of para-hydroxylation sites is 1. The van der Waals surface area contributed by atoms with Gasteiger partial charge in [0.25, 0.3) is 5.91 Å². The monoisotopic (exact) mass is 384 g/mol. The van der Waals surface area contributed by atoms with Crippen LogP contribution in [0.2, 0.25) is 5.02 Å². The Morgan fingerprint density at radius 1 is 1.22 bits per heavy atom. The molecule has 3 rings (SSSR count). The molecule has 0 atom stereocenters. The van der Waals surface area contributed by atoms with Crippen molar-refractivity contribution in [1.82, 2.24) is 4.57 Å². The molecule has 0 aliphatic rings. The first-order chi connectivity index (χ1) is 13.0. The Morgan fingerprint density at radius 3 is 2.67 bits per heavy atom. The SMILES string of the molecule is CCCc1c(C(=O)Nc2ccccc2Cl)c(=O)cc(C)n1Cc1ccco1. The number of halogens is 1. The van der Waals surface area contributed by atoms with Crippen LogP contribution in [0.4, 0.5) is 5.69 Å². The minimum atomic E-state index is -0.454. The molecule has 2 heterocycles. The summed E-state index contributed by atoms with van der Waals surface area (Å²) in [6.07, 6.45) is 3.01. The van der Waals surface area contributed by atoms with Gasteiger partial charge in [0.1, 0.15) is 11.3 Å². The third kappa shape index (κ3) is 4.14. The average molecular weight is 385 g/mol. The highest BCUT2D eigenvalue weighted by molar-refractivity contribution is 6.33. The van der Waals surface area contributed by atoms with E-state index in [1.165, 1.54) is 6.07 Å². The Kier molecular flexibility index (Phi) is 5.81. The molecular weight excluding hydrogens is 364 g/mol. The zero-order valence-electron chi connectivity index (χ0n) is 15.3. The second kappa shape index (κ2) is 8.27. The first kappa shape index (κ1) is 19.0. The van der Waals surface area contributed by atoms with E-state index in [0.29, 0.717) is 29.4 Å². The average Bonchev–Trinajstić information content (AvgIpc) is 3.13. The fourth-order valence-corrected chi connectivity index (χ4v) is 3.28. The third-order valence-electron chi connectivity index (χ3n) is 4.36. The molecule has 0 spiro atoms. The van der Waals surface area contributed by atoms with Gasteiger partial charge in [0.2, 0.25) is 0 Å². The minimum absolute atomic E-state index is 0.147. The lowest BCUT2D eigenvalue weighted by Gasteiger charge is -2.19. The molecule has 3 aromatic rings. The number of nitrogens with one attached hydrogen (secondary N) is 1. The highest BCUT2D eigenvalue weighted by Gasteiger charge is 2.21. The standard InChI is InChI=1S/C21H21ClN2O3/c1-3-7-18-20(21(26)23-17-10-5-4-9-16(17)22)19(25)12-14(2)24(18)13-15-8-6-11-27-15/h4-6,8-12H,3,7,13H2,1-2H3,(H,23,26). The molecule has 5 nitrogen and oxygen atoms in total. The second-order valence-electron chi connectivity index (χ2n) is 6.32. The number of hydrogen-bond donors (Lipinski definition) is 1. The van der Waals surface area contributed by atoms with Gasteiger partial charge in [-0.15, -0.1) is 0 Å². The first-order valence-corrected chi connectivity index (χ1v) is 9.20. The smallest absolute Gasteiger partial charge is 0.261 e. The molecule has 0 bridgehead atoms. The molecule has 6 heteroatoms. The van der Waals surface area contributed by atoms with E-state index < -0.39 is 5.91 Å². The minimum Gasteiger partial charge on any atom is -0.467 e. The number of benzene rings is 1. The van der Waals surface area contributed by atoms with Gasteiger partial charge in [-0.25, -0.2) is 0 Å². The summed E-state index contributed by atoms with van der Waals surface area (Å²) in [6, 6.07) is 12.1. The zero-order valence-corrected chi connectivity index (χ0v) is 16.0. The molecule has 0 fully saturated rings. The Labute approximate surface area is 162 Å². The molecule has 1 aromatic carbocycles. The van der Waals surface area contributed by atoms with Crippen molar-refractivity contribution in [3.05, 3.63) is 86.7 Å². The predicted octanol–water partition coefficient (Wildman–Crippen LogP) is 4.66. The van der Waals surface area contributed by atoms with Gasteiger partial charge < -0.3 is 14.3 Å². The van der Waals surface area contributed by atoms with Crippen LogP contribution < -0.4 is 10.7 Å². The lowest BCUT2D eigenvalue weighted by molar-refractivity contribution is 0.102. The quantitative estimate of drug-likeness (QED) is 0.672. The molecule has 1 N–H and O–H groups in total. The van der Waals surface area contributed by atoms with Crippen molar-refractivity contribution < 1.29 is 9.21 Å². The number of rotatable bonds is 6. The number of aromatic nitrogens is 1. The maximum Gasteiger partial charge on any atom is 0.261 e. The van der Waals surface area contributed by atoms with Crippen molar-refractivity contribution in [2.75, 3.05) is 5.32 Å². The van der Waals surface area contributed by atoms with Crippen molar-refractivity contribution >= 4 is 23.2 Å². The number of amides is 1. The van der Waals surface area contributed by atoms with Gasteiger partial charge in [-0.05, 0) is 37.6 Å². The summed E-state index contributed by atoms with van der Waals surface area (Å²) in [6.45, 7) is 4.33. The topological polar surface area (TPSA) is 64.2 Å². The molecule has 140 valence electrons. The molecule has 0 radical (unpaired) electrons. The molecule has 1 amide bonds. The number of hydrogen-bond acceptors (Lipinski definition) is 3. The van der Waals surface area contributed by atoms with Crippen LogP contribution in [-0.2, 0) is 13.0 Å². The van der Waals surface area contributed by atoms with Crippen molar-refractivity contribution in [1.29, 1.82) is 0 Å². The van der Waals surface area contributed by atoms with Crippen LogP contribution in [0.3, 0.4) is 0 Å². The summed E-state index contributed by atoms with van der Waals surface area (Å²) in [4.78, 5) is 25.6. The lowest BCUT2D eigenvalue weighted by atomic mass is 10.1. The summed E-state index contributed by atoms with van der Waals surface area (Å²) in [5.41, 5.74) is 1.81. The Bertz CT molecular complexity index is 1010. The number of carbonyl (C=O) groups excluding carboxylic acids is 1. The molecule has 2 aromatic heterocycles. The molecule has 0 saturated carbocycles. The largest absolute Gasteiger partial charge is 0.467 e. The fourth-order valence-electron chi connectivity index (χ4n) is 3.10. The van der Waals surface area contributed by atoms with E-state index in [9.17, 15) is 9.59 Å². The van der Waals surface area contributed by atoms with Crippen LogP contribution in [-0.4, -0.2) is 10.5 Å². The van der Waals surface area contributed by atoms with Crippen molar-refractivity contribution in [3.8, 4) is 0 Å². The first-order valence-electron chi connectivity index (χ1n) is 8.82. The van der Waals surface area contributed by atoms with Crippen molar-refractivity contribution in [2.24, 2.45) is 0 Å². The number of anilines is 1. The molecule has 0 aliphatic carbocycles. The number of nitrogens with zero attached hydrogens (tertiary/aromatic N) is 1. The van der Waals surface area contributed by atoms with Gasteiger partial charge in [-0.2, -0.15) is 0 Å². The van der Waals surface area contributed by atoms with Crippen LogP contribution >= 0.6 is 11.6 Å². The van der Waals surface area contributed by atoms with Gasteiger partial charge in [0, 0.05) is 17.5 Å². The molecule has 0 unspecified atom stereocenters. The van der Waals surface area contributed by atoms with Gasteiger partial charge in [-0.1, -0.05) is 37.1 Å². The normalized spacial score (nSPS) is 10.8. The Morgan fingerprint density at radius 2 is 2.00 bits per heavy atom. The maximum absolute atomic E-state index is 12.9. The number of pyridine rings is 1. The van der Waals surface area contributed by atoms with Crippen LogP contribution in [0.25, 0.3) is 0 Å². The summed E-state index contributed by atoms with van der Waals surface area (Å²) in [7, 11) is 0. The van der Waals surface area contributed by atoms with Crippen LogP contribution in [0.15, 0.2) is 57.9 Å². The Hall–Kier alpha value is -2.79. The molecule has 0 aliphatic heterocycles. The third-order valence-corrected chi connectivity index (χ3v) is 4.69. The Balaban J connectivity index is 2.06. The fraction of sp³-hybridized carbons (Fsp3) is 0.238. The van der Waals surface area contributed by atoms with Crippen molar-refractivity contribution in [3.63, 3.8) is 0 Å². The molecule has 0 saturated heterocycles. The van der Waals surface area contributed by atoms with E-state index in [1.807, 2.05) is 30.5 Å². The summed E-state index contributed by atoms with van der Waals surface area (Å²) < 4.78 is 7.41. The van der Waals surface area contributed by atoms with E-state index >= 15 is 0 Å². The number of aryl methyl sites for hydroxylation is 1. The summed E-state index contributed by atoms with van der Waals surface area (Å²) >= 11 is 6.14. The van der Waals surface area contributed by atoms with Gasteiger partial charge in [-0.3, -0.25) is 9.59 Å². The van der Waals surface area contributed by atoms with Gasteiger partial charge >= 0.3 is 0 Å². The van der Waals surface area contributed by atoms with E-state index in [-0.39, 0.29) is 11.0 Å². The lowest BCUT2D eigenvalue weighted by Crippen LogP contribution is -2.28. The van der Waals surface area contributed by atoms with E-state index in [4.69, 9.17) is 16.0 Å². The van der Waals surface area contributed by atoms with E-state index in [0.717, 1.165) is 17.9 Å². The zero-order chi connectivity index (χ0) is 19.4.